The molecule has 2 aliphatic rings. The second-order valence-electron chi connectivity index (χ2n) is 8.57. The first kappa shape index (κ1) is 21.1. The zero-order valence-corrected chi connectivity index (χ0v) is 17.5. The lowest BCUT2D eigenvalue weighted by Crippen LogP contribution is -2.42. The van der Waals surface area contributed by atoms with Gasteiger partial charge >= 0.3 is 0 Å². The van der Waals surface area contributed by atoms with E-state index in [2.05, 4.69) is 4.90 Å². The summed E-state index contributed by atoms with van der Waals surface area (Å²) < 4.78 is 39.4. The van der Waals surface area contributed by atoms with Gasteiger partial charge in [0.05, 0.1) is 20.3 Å². The van der Waals surface area contributed by atoms with E-state index in [1.165, 1.54) is 12.1 Å². The van der Waals surface area contributed by atoms with Crippen LogP contribution in [-0.4, -0.2) is 43.0 Å². The number of aliphatic hydroxyl groups excluding tert-OH is 1. The molecule has 4 nitrogen and oxygen atoms in total. The Balaban J connectivity index is 1.37. The zero-order chi connectivity index (χ0) is 21.3. The van der Waals surface area contributed by atoms with Gasteiger partial charge in [-0.05, 0) is 72.6 Å². The molecule has 2 aromatic rings. The van der Waals surface area contributed by atoms with E-state index in [1.54, 1.807) is 26.4 Å². The third-order valence-corrected chi connectivity index (χ3v) is 6.59. The van der Waals surface area contributed by atoms with Crippen molar-refractivity contribution in [3.05, 3.63) is 58.9 Å². The molecule has 1 N–H and O–H groups in total. The number of hydrogen-bond acceptors (Lipinski definition) is 4. The number of alkyl halides is 1. The van der Waals surface area contributed by atoms with Crippen LogP contribution < -0.4 is 9.47 Å². The molecule has 6 heteroatoms. The first-order valence-electron chi connectivity index (χ1n) is 10.5. The second-order valence-corrected chi connectivity index (χ2v) is 8.57. The minimum atomic E-state index is -1.28. The summed E-state index contributed by atoms with van der Waals surface area (Å²) in [6, 6.07) is 10.2. The first-order chi connectivity index (χ1) is 14.4. The Morgan fingerprint density at radius 3 is 2.33 bits per heavy atom. The SMILES string of the molecule is COc1cc2c(cc1OC)C(O)C(CC1(F)CCN(Cc3ccc(F)cc3)CC1)C2. The van der Waals surface area contributed by atoms with Crippen molar-refractivity contribution in [2.24, 2.45) is 5.92 Å². The maximum Gasteiger partial charge on any atom is 0.161 e. The highest BCUT2D eigenvalue weighted by Gasteiger charge is 2.42. The summed E-state index contributed by atoms with van der Waals surface area (Å²) >= 11 is 0. The average Bonchev–Trinajstić information content (AvgIpc) is 3.04. The smallest absolute Gasteiger partial charge is 0.161 e. The number of ether oxygens (including phenoxy) is 2. The van der Waals surface area contributed by atoms with E-state index >= 15 is 4.39 Å². The Labute approximate surface area is 176 Å². The third kappa shape index (κ3) is 4.30. The van der Waals surface area contributed by atoms with Gasteiger partial charge in [-0.2, -0.15) is 0 Å². The van der Waals surface area contributed by atoms with E-state index in [9.17, 15) is 9.50 Å². The standard InChI is InChI=1S/C24H29F2NO3/c1-29-21-12-17-11-18(23(28)20(17)13-22(21)30-2)14-24(26)7-9-27(10-8-24)15-16-3-5-19(25)6-4-16/h3-6,12-13,18,23,28H,7-11,14-15H2,1-2H3. The molecule has 1 fully saturated rings. The molecule has 1 aliphatic heterocycles. The van der Waals surface area contributed by atoms with Gasteiger partial charge in [-0.15, -0.1) is 0 Å². The first-order valence-corrected chi connectivity index (χ1v) is 10.5. The van der Waals surface area contributed by atoms with Crippen LogP contribution in [0, 0.1) is 11.7 Å². The lowest BCUT2D eigenvalue weighted by Gasteiger charge is -2.38. The van der Waals surface area contributed by atoms with E-state index in [-0.39, 0.29) is 11.7 Å². The van der Waals surface area contributed by atoms with Gasteiger partial charge in [0.1, 0.15) is 11.5 Å². The summed E-state index contributed by atoms with van der Waals surface area (Å²) in [7, 11) is 3.16. The van der Waals surface area contributed by atoms with E-state index in [0.717, 1.165) is 16.7 Å². The summed E-state index contributed by atoms with van der Waals surface area (Å²) in [5.74, 6) is 0.824. The van der Waals surface area contributed by atoms with Gasteiger partial charge in [0, 0.05) is 19.6 Å². The number of aliphatic hydroxyl groups is 1. The van der Waals surface area contributed by atoms with Gasteiger partial charge in [-0.3, -0.25) is 4.90 Å². The van der Waals surface area contributed by atoms with Crippen molar-refractivity contribution in [1.82, 2.24) is 4.90 Å². The van der Waals surface area contributed by atoms with E-state index in [4.69, 9.17) is 9.47 Å². The molecule has 0 bridgehead atoms. The highest BCUT2D eigenvalue weighted by Crippen LogP contribution is 2.46. The lowest BCUT2D eigenvalue weighted by atomic mass is 9.82. The van der Waals surface area contributed by atoms with Crippen LogP contribution in [0.25, 0.3) is 0 Å². The summed E-state index contributed by atoms with van der Waals surface area (Å²) in [4.78, 5) is 2.21. The van der Waals surface area contributed by atoms with Crippen LogP contribution in [-0.2, 0) is 13.0 Å². The van der Waals surface area contributed by atoms with Crippen LogP contribution in [0.2, 0.25) is 0 Å². The van der Waals surface area contributed by atoms with Gasteiger partial charge < -0.3 is 14.6 Å². The molecule has 1 heterocycles. The van der Waals surface area contributed by atoms with Crippen molar-refractivity contribution < 1.29 is 23.4 Å². The minimum Gasteiger partial charge on any atom is -0.493 e. The van der Waals surface area contributed by atoms with E-state index in [0.29, 0.717) is 56.8 Å². The summed E-state index contributed by atoms with van der Waals surface area (Å²) in [6.07, 6.45) is 1.19. The van der Waals surface area contributed by atoms with E-state index < -0.39 is 11.8 Å². The number of benzene rings is 2. The fourth-order valence-electron chi connectivity index (χ4n) is 4.85. The molecule has 4 rings (SSSR count). The summed E-state index contributed by atoms with van der Waals surface area (Å²) in [6.45, 7) is 2.02. The van der Waals surface area contributed by atoms with Crippen molar-refractivity contribution in [3.8, 4) is 11.5 Å². The molecule has 0 radical (unpaired) electrons. The molecule has 2 atom stereocenters. The summed E-state index contributed by atoms with van der Waals surface area (Å²) in [5.41, 5.74) is 1.58. The molecule has 0 aromatic heterocycles. The molecular weight excluding hydrogens is 388 g/mol. The third-order valence-electron chi connectivity index (χ3n) is 6.59. The number of fused-ring (bicyclic) bond motifs is 1. The monoisotopic (exact) mass is 417 g/mol. The number of likely N-dealkylation sites (tertiary alicyclic amines) is 1. The predicted octanol–water partition coefficient (Wildman–Crippen LogP) is 4.44. The molecule has 0 amide bonds. The molecular formula is C24H29F2NO3. The fraction of sp³-hybridized carbons (Fsp3) is 0.500. The number of methoxy groups -OCH3 is 2. The Morgan fingerprint density at radius 2 is 1.70 bits per heavy atom. The lowest BCUT2D eigenvalue weighted by molar-refractivity contribution is 0.00932. The molecule has 0 spiro atoms. The number of nitrogens with zero attached hydrogens (tertiary/aromatic N) is 1. The largest absolute Gasteiger partial charge is 0.493 e. The average molecular weight is 417 g/mol. The quantitative estimate of drug-likeness (QED) is 0.755. The maximum absolute atomic E-state index is 15.6. The number of halogens is 2. The van der Waals surface area contributed by atoms with Gasteiger partial charge in [0.15, 0.2) is 11.5 Å². The maximum atomic E-state index is 15.6. The summed E-state index contributed by atoms with van der Waals surface area (Å²) in [5, 5.41) is 10.8. The fourth-order valence-corrected chi connectivity index (χ4v) is 4.85. The van der Waals surface area contributed by atoms with E-state index in [1.807, 2.05) is 12.1 Å². The molecule has 30 heavy (non-hydrogen) atoms. The Kier molecular flexibility index (Phi) is 5.98. The van der Waals surface area contributed by atoms with Crippen LogP contribution in [0.5, 0.6) is 11.5 Å². The minimum absolute atomic E-state index is 0.148. The molecule has 0 saturated carbocycles. The predicted molar refractivity (Wildman–Crippen MR) is 111 cm³/mol. The highest BCUT2D eigenvalue weighted by molar-refractivity contribution is 5.50. The Morgan fingerprint density at radius 1 is 1.07 bits per heavy atom. The Hall–Kier alpha value is -2.18. The molecule has 1 aliphatic carbocycles. The second kappa shape index (κ2) is 8.52. The molecule has 2 aromatic carbocycles. The normalized spacial score (nSPS) is 23.2. The van der Waals surface area contributed by atoms with Crippen molar-refractivity contribution in [2.45, 2.75) is 44.0 Å². The number of piperidine rings is 1. The molecule has 1 saturated heterocycles. The van der Waals surface area contributed by atoms with Crippen LogP contribution in [0.15, 0.2) is 36.4 Å². The van der Waals surface area contributed by atoms with Crippen LogP contribution in [0.1, 0.15) is 42.1 Å². The Bertz CT molecular complexity index is 879. The van der Waals surface area contributed by atoms with Crippen molar-refractivity contribution >= 4 is 0 Å². The van der Waals surface area contributed by atoms with Crippen molar-refractivity contribution in [3.63, 3.8) is 0 Å². The van der Waals surface area contributed by atoms with Gasteiger partial charge in [0.2, 0.25) is 0 Å². The van der Waals surface area contributed by atoms with Crippen molar-refractivity contribution in [2.75, 3.05) is 27.3 Å². The zero-order valence-electron chi connectivity index (χ0n) is 17.5. The van der Waals surface area contributed by atoms with Crippen molar-refractivity contribution in [1.29, 1.82) is 0 Å². The van der Waals surface area contributed by atoms with Crippen LogP contribution in [0.3, 0.4) is 0 Å². The number of rotatable bonds is 6. The molecule has 2 unspecified atom stereocenters. The van der Waals surface area contributed by atoms with Gasteiger partial charge in [-0.25, -0.2) is 8.78 Å². The molecule has 162 valence electrons. The van der Waals surface area contributed by atoms with Crippen LogP contribution >= 0.6 is 0 Å². The topological polar surface area (TPSA) is 41.9 Å². The van der Waals surface area contributed by atoms with Gasteiger partial charge in [-0.1, -0.05) is 12.1 Å². The highest BCUT2D eigenvalue weighted by atomic mass is 19.1. The number of hydrogen-bond donors (Lipinski definition) is 1. The van der Waals surface area contributed by atoms with Gasteiger partial charge in [0.25, 0.3) is 0 Å². The van der Waals surface area contributed by atoms with Crippen LogP contribution in [0.4, 0.5) is 8.78 Å².